The van der Waals surface area contributed by atoms with Gasteiger partial charge in [0.05, 0.1) is 5.69 Å². The minimum absolute atomic E-state index is 0.221. The third-order valence-electron chi connectivity index (χ3n) is 1.81. The van der Waals surface area contributed by atoms with E-state index in [1.54, 1.807) is 35.8 Å². The molecule has 0 fully saturated rings. The summed E-state index contributed by atoms with van der Waals surface area (Å²) >= 11 is 1.31. The van der Waals surface area contributed by atoms with Gasteiger partial charge in [-0.1, -0.05) is 6.07 Å². The molecule has 76 valence electrons. The largest absolute Gasteiger partial charge is 0.397 e. The van der Waals surface area contributed by atoms with Crippen molar-refractivity contribution in [2.75, 3.05) is 11.1 Å². The van der Waals surface area contributed by atoms with Gasteiger partial charge in [0.25, 0.3) is 5.91 Å². The van der Waals surface area contributed by atoms with E-state index in [0.717, 1.165) is 0 Å². The van der Waals surface area contributed by atoms with Crippen molar-refractivity contribution in [3.63, 3.8) is 0 Å². The van der Waals surface area contributed by atoms with E-state index < -0.39 is 0 Å². The molecule has 0 aliphatic carbocycles. The van der Waals surface area contributed by atoms with Crippen LogP contribution in [-0.4, -0.2) is 10.9 Å². The molecule has 0 aliphatic heterocycles. The summed E-state index contributed by atoms with van der Waals surface area (Å²) in [6.07, 6.45) is 1.62. The van der Waals surface area contributed by atoms with Crippen LogP contribution in [0.1, 0.15) is 9.67 Å². The lowest BCUT2D eigenvalue weighted by atomic mass is 10.3. The number of nitrogen functional groups attached to an aromatic ring is 1. The zero-order chi connectivity index (χ0) is 10.7. The predicted octanol–water partition coefficient (Wildman–Crippen LogP) is 1.98. The maximum Gasteiger partial charge on any atom is 0.269 e. The number of thiophene rings is 1. The van der Waals surface area contributed by atoms with Gasteiger partial charge in [-0.15, -0.1) is 11.3 Å². The summed E-state index contributed by atoms with van der Waals surface area (Å²) < 4.78 is 0. The molecule has 5 heteroatoms. The van der Waals surface area contributed by atoms with Crippen LogP contribution in [0, 0.1) is 0 Å². The van der Waals surface area contributed by atoms with Crippen molar-refractivity contribution in [1.29, 1.82) is 0 Å². The fourth-order valence-electron chi connectivity index (χ4n) is 1.11. The molecule has 0 aromatic carbocycles. The van der Waals surface area contributed by atoms with Crippen LogP contribution >= 0.6 is 11.3 Å². The first-order valence-corrected chi connectivity index (χ1v) is 5.20. The SMILES string of the molecule is Nc1ccsc1C(=O)Nc1ccccn1. The number of anilines is 2. The summed E-state index contributed by atoms with van der Waals surface area (Å²) in [7, 11) is 0. The Hall–Kier alpha value is -1.88. The molecule has 0 atom stereocenters. The van der Waals surface area contributed by atoms with Gasteiger partial charge < -0.3 is 11.1 Å². The molecule has 0 spiro atoms. The number of rotatable bonds is 2. The monoisotopic (exact) mass is 219 g/mol. The van der Waals surface area contributed by atoms with E-state index in [4.69, 9.17) is 5.73 Å². The number of aromatic nitrogens is 1. The van der Waals surface area contributed by atoms with Crippen molar-refractivity contribution in [3.05, 3.63) is 40.7 Å². The zero-order valence-corrected chi connectivity index (χ0v) is 8.62. The van der Waals surface area contributed by atoms with Gasteiger partial charge >= 0.3 is 0 Å². The highest BCUT2D eigenvalue weighted by atomic mass is 32.1. The topological polar surface area (TPSA) is 68.0 Å². The quantitative estimate of drug-likeness (QED) is 0.811. The first kappa shape index (κ1) is 9.67. The number of nitrogens with zero attached hydrogens (tertiary/aromatic N) is 1. The molecule has 2 heterocycles. The lowest BCUT2D eigenvalue weighted by molar-refractivity contribution is 0.103. The van der Waals surface area contributed by atoms with Crippen molar-refractivity contribution in [2.24, 2.45) is 0 Å². The Morgan fingerprint density at radius 3 is 2.87 bits per heavy atom. The number of carbonyl (C=O) groups is 1. The summed E-state index contributed by atoms with van der Waals surface area (Å²) in [6.45, 7) is 0. The zero-order valence-electron chi connectivity index (χ0n) is 7.81. The summed E-state index contributed by atoms with van der Waals surface area (Å²) in [5.41, 5.74) is 6.12. The second-order valence-electron chi connectivity index (χ2n) is 2.87. The van der Waals surface area contributed by atoms with E-state index in [2.05, 4.69) is 10.3 Å². The molecule has 0 saturated heterocycles. The van der Waals surface area contributed by atoms with Crippen LogP contribution in [0.15, 0.2) is 35.8 Å². The van der Waals surface area contributed by atoms with Gasteiger partial charge in [-0.25, -0.2) is 4.98 Å². The molecule has 15 heavy (non-hydrogen) atoms. The number of nitrogens with one attached hydrogen (secondary N) is 1. The third kappa shape index (κ3) is 2.13. The second-order valence-corrected chi connectivity index (χ2v) is 3.79. The van der Waals surface area contributed by atoms with Gasteiger partial charge in [0.15, 0.2) is 0 Å². The summed E-state index contributed by atoms with van der Waals surface area (Å²) in [5, 5.41) is 4.45. The molecule has 0 unspecified atom stereocenters. The standard InChI is InChI=1S/C10H9N3OS/c11-7-4-6-15-9(7)10(14)13-8-3-1-2-5-12-8/h1-6H,11H2,(H,12,13,14). The molecule has 0 radical (unpaired) electrons. The van der Waals surface area contributed by atoms with Crippen LogP contribution < -0.4 is 11.1 Å². The van der Waals surface area contributed by atoms with Crippen LogP contribution in [-0.2, 0) is 0 Å². The maximum absolute atomic E-state index is 11.7. The number of hydrogen-bond donors (Lipinski definition) is 2. The maximum atomic E-state index is 11.7. The number of hydrogen-bond acceptors (Lipinski definition) is 4. The molecule has 0 saturated carbocycles. The predicted molar refractivity (Wildman–Crippen MR) is 60.9 cm³/mol. The molecule has 4 nitrogen and oxygen atoms in total. The Balaban J connectivity index is 2.15. The minimum atomic E-state index is -0.221. The number of carbonyl (C=O) groups excluding carboxylic acids is 1. The van der Waals surface area contributed by atoms with Crippen molar-refractivity contribution in [1.82, 2.24) is 4.98 Å². The normalized spacial score (nSPS) is 9.87. The Morgan fingerprint density at radius 1 is 1.40 bits per heavy atom. The fourth-order valence-corrected chi connectivity index (χ4v) is 1.83. The van der Waals surface area contributed by atoms with Crippen LogP contribution in [0.3, 0.4) is 0 Å². The van der Waals surface area contributed by atoms with Crippen molar-refractivity contribution in [2.45, 2.75) is 0 Å². The smallest absolute Gasteiger partial charge is 0.269 e. The lowest BCUT2D eigenvalue weighted by Crippen LogP contribution is -2.12. The van der Waals surface area contributed by atoms with E-state index in [0.29, 0.717) is 16.4 Å². The van der Waals surface area contributed by atoms with Crippen LogP contribution in [0.4, 0.5) is 11.5 Å². The number of amides is 1. The van der Waals surface area contributed by atoms with E-state index in [9.17, 15) is 4.79 Å². The van der Waals surface area contributed by atoms with Crippen molar-refractivity contribution >= 4 is 28.7 Å². The van der Waals surface area contributed by atoms with Gasteiger partial charge in [-0.2, -0.15) is 0 Å². The molecular formula is C10H9N3OS. The molecule has 2 aromatic rings. The van der Waals surface area contributed by atoms with Crippen LogP contribution in [0.25, 0.3) is 0 Å². The molecular weight excluding hydrogens is 210 g/mol. The average Bonchev–Trinajstić information content (AvgIpc) is 2.66. The van der Waals surface area contributed by atoms with E-state index in [1.807, 2.05) is 0 Å². The molecule has 0 bridgehead atoms. The number of nitrogens with two attached hydrogens (primary N) is 1. The van der Waals surface area contributed by atoms with Crippen molar-refractivity contribution in [3.8, 4) is 0 Å². The van der Waals surface area contributed by atoms with E-state index in [1.165, 1.54) is 11.3 Å². The van der Waals surface area contributed by atoms with Gasteiger partial charge in [0.2, 0.25) is 0 Å². The highest BCUT2D eigenvalue weighted by Crippen LogP contribution is 2.19. The Kier molecular flexibility index (Phi) is 2.64. The molecule has 3 N–H and O–H groups in total. The van der Waals surface area contributed by atoms with E-state index >= 15 is 0 Å². The molecule has 1 amide bonds. The second kappa shape index (κ2) is 4.10. The van der Waals surface area contributed by atoms with Gasteiger partial charge in [-0.05, 0) is 23.6 Å². The highest BCUT2D eigenvalue weighted by molar-refractivity contribution is 7.12. The first-order valence-electron chi connectivity index (χ1n) is 4.33. The van der Waals surface area contributed by atoms with Gasteiger partial charge in [0, 0.05) is 6.20 Å². The molecule has 2 aromatic heterocycles. The Morgan fingerprint density at radius 2 is 2.27 bits per heavy atom. The fraction of sp³-hybridized carbons (Fsp3) is 0. The minimum Gasteiger partial charge on any atom is -0.397 e. The summed E-state index contributed by atoms with van der Waals surface area (Å²) in [5.74, 6) is 0.302. The summed E-state index contributed by atoms with van der Waals surface area (Å²) in [4.78, 5) is 16.2. The highest BCUT2D eigenvalue weighted by Gasteiger charge is 2.11. The summed E-state index contributed by atoms with van der Waals surface area (Å²) in [6, 6.07) is 7.02. The van der Waals surface area contributed by atoms with Gasteiger partial charge in [-0.3, -0.25) is 4.79 Å². The Labute approximate surface area is 90.8 Å². The molecule has 0 aliphatic rings. The first-order chi connectivity index (χ1) is 7.27. The van der Waals surface area contributed by atoms with Crippen LogP contribution in [0.2, 0.25) is 0 Å². The number of pyridine rings is 1. The molecule has 2 rings (SSSR count). The van der Waals surface area contributed by atoms with Crippen molar-refractivity contribution < 1.29 is 4.79 Å². The van der Waals surface area contributed by atoms with E-state index in [-0.39, 0.29) is 5.91 Å². The Bertz CT molecular complexity index is 467. The van der Waals surface area contributed by atoms with Gasteiger partial charge in [0.1, 0.15) is 10.7 Å². The average molecular weight is 219 g/mol. The van der Waals surface area contributed by atoms with Crippen LogP contribution in [0.5, 0.6) is 0 Å². The lowest BCUT2D eigenvalue weighted by Gasteiger charge is -2.02. The third-order valence-corrected chi connectivity index (χ3v) is 2.74.